The van der Waals surface area contributed by atoms with Crippen molar-refractivity contribution in [1.29, 1.82) is 0 Å². The van der Waals surface area contributed by atoms with E-state index < -0.39 is 23.9 Å². The van der Waals surface area contributed by atoms with Crippen LogP contribution < -0.4 is 0 Å². The highest BCUT2D eigenvalue weighted by Crippen LogP contribution is 2.42. The third-order valence-corrected chi connectivity index (χ3v) is 4.29. The molecular weight excluding hydrogens is 279 g/mol. The minimum absolute atomic E-state index is 0.00300. The molecule has 0 N–H and O–H groups in total. The molecule has 19 heavy (non-hydrogen) atoms. The van der Waals surface area contributed by atoms with Gasteiger partial charge in [-0.05, 0) is 29.6 Å². The first kappa shape index (κ1) is 6.21. The van der Waals surface area contributed by atoms with Gasteiger partial charge in [0.2, 0.25) is 0 Å². The molecule has 1 heterocycles. The van der Waals surface area contributed by atoms with Crippen molar-refractivity contribution >= 4 is 53.9 Å². The first-order chi connectivity index (χ1) is 12.2. The smallest absolute Gasteiger partial charge is 0.123 e. The Balaban J connectivity index is 2.40. The average molecular weight is 294 g/mol. The van der Waals surface area contributed by atoms with Crippen molar-refractivity contribution in [2.24, 2.45) is 0 Å². The van der Waals surface area contributed by atoms with Gasteiger partial charge in [0.1, 0.15) is 5.82 Å². The fraction of sp³-hybridized carbons (Fsp3) is 0. The summed E-state index contributed by atoms with van der Waals surface area (Å²) in [5.41, 5.74) is 0. The van der Waals surface area contributed by atoms with Crippen molar-refractivity contribution in [3.63, 3.8) is 0 Å². The quantitative estimate of drug-likeness (QED) is 0.373. The maximum atomic E-state index is 14.0. The Hall–Kier alpha value is -1.64. The van der Waals surface area contributed by atoms with Crippen LogP contribution in [0.15, 0.2) is 48.4 Å². The minimum atomic E-state index is -0.889. The highest BCUT2D eigenvalue weighted by Gasteiger charge is 2.12. The van der Waals surface area contributed by atoms with E-state index in [1.807, 2.05) is 0 Å². The van der Waals surface area contributed by atoms with E-state index in [0.717, 1.165) is 17.4 Å². The Bertz CT molecular complexity index is 1280. The van der Waals surface area contributed by atoms with Gasteiger partial charge in [0.25, 0.3) is 0 Å². The summed E-state index contributed by atoms with van der Waals surface area (Å²) < 4.78 is 70.5. The number of halogens is 2. The summed E-state index contributed by atoms with van der Waals surface area (Å²) in [5.74, 6) is -0.889. The SMILES string of the molecule is [2H]c1c(F)cc2c(sc3c([2H])c4c([2H])c([2H])c([2H])c([2H])c4c(Cl)c32)c1[2H]. The molecule has 0 fully saturated rings. The molecule has 0 bridgehead atoms. The molecule has 1 aromatic heterocycles. The summed E-state index contributed by atoms with van der Waals surface area (Å²) >= 11 is 7.45. The molecule has 3 aromatic carbocycles. The Labute approximate surface area is 127 Å². The van der Waals surface area contributed by atoms with Crippen LogP contribution in [0.1, 0.15) is 9.60 Å². The maximum absolute atomic E-state index is 14.0. The summed E-state index contributed by atoms with van der Waals surface area (Å²) in [6.07, 6.45) is 0. The van der Waals surface area contributed by atoms with Gasteiger partial charge in [-0.2, -0.15) is 0 Å². The molecule has 4 aromatic rings. The molecule has 0 atom stereocenters. The second kappa shape index (κ2) is 3.92. The van der Waals surface area contributed by atoms with Gasteiger partial charge in [-0.25, -0.2) is 4.39 Å². The van der Waals surface area contributed by atoms with E-state index in [4.69, 9.17) is 21.2 Å². The first-order valence-corrected chi connectivity index (χ1v) is 6.56. The standard InChI is InChI=1S/C16H8ClFS/c17-16-11-4-2-1-3-9(11)7-14-15(16)12-8-10(18)5-6-13(12)19-14/h1-8H/i1D,2D,3D,4D,5D,6D,7D. The van der Waals surface area contributed by atoms with E-state index in [0.29, 0.717) is 4.70 Å². The van der Waals surface area contributed by atoms with E-state index in [2.05, 4.69) is 0 Å². The number of hydrogen-bond acceptors (Lipinski definition) is 1. The van der Waals surface area contributed by atoms with Crippen LogP contribution in [-0.2, 0) is 0 Å². The molecule has 0 unspecified atom stereocenters. The lowest BCUT2D eigenvalue weighted by molar-refractivity contribution is 0.630. The predicted octanol–water partition coefficient (Wildman–Crippen LogP) is 6.00. The van der Waals surface area contributed by atoms with Gasteiger partial charge in [-0.1, -0.05) is 35.8 Å². The molecule has 4 rings (SSSR count). The van der Waals surface area contributed by atoms with Crippen LogP contribution in [-0.4, -0.2) is 0 Å². The van der Waals surface area contributed by atoms with E-state index in [1.54, 1.807) is 0 Å². The van der Waals surface area contributed by atoms with Gasteiger partial charge in [0.15, 0.2) is 0 Å². The van der Waals surface area contributed by atoms with Crippen LogP contribution in [0.3, 0.4) is 0 Å². The summed E-state index contributed by atoms with van der Waals surface area (Å²) in [5, 5.41) is 0.494. The Morgan fingerprint density at radius 3 is 2.79 bits per heavy atom. The number of fused-ring (bicyclic) bond motifs is 4. The normalized spacial score (nSPS) is 16.8. The topological polar surface area (TPSA) is 0 Å². The van der Waals surface area contributed by atoms with Crippen molar-refractivity contribution in [2.75, 3.05) is 0 Å². The van der Waals surface area contributed by atoms with Gasteiger partial charge in [-0.3, -0.25) is 0 Å². The lowest BCUT2D eigenvalue weighted by Crippen LogP contribution is -1.76. The zero-order valence-corrected chi connectivity index (χ0v) is 10.8. The van der Waals surface area contributed by atoms with E-state index in [-0.39, 0.29) is 55.4 Å². The third kappa shape index (κ3) is 1.57. The van der Waals surface area contributed by atoms with Crippen molar-refractivity contribution in [3.8, 4) is 0 Å². The van der Waals surface area contributed by atoms with E-state index in [1.165, 1.54) is 0 Å². The second-order valence-corrected chi connectivity index (χ2v) is 5.38. The third-order valence-electron chi connectivity index (χ3n) is 2.88. The highest BCUT2D eigenvalue weighted by molar-refractivity contribution is 7.26. The van der Waals surface area contributed by atoms with Gasteiger partial charge in [-0.15, -0.1) is 11.3 Å². The Morgan fingerprint density at radius 1 is 1.05 bits per heavy atom. The number of rotatable bonds is 0. The van der Waals surface area contributed by atoms with Crippen LogP contribution >= 0.6 is 22.9 Å². The molecule has 0 aliphatic carbocycles. The van der Waals surface area contributed by atoms with Gasteiger partial charge >= 0.3 is 0 Å². The van der Waals surface area contributed by atoms with Gasteiger partial charge in [0.05, 0.1) is 14.6 Å². The van der Waals surface area contributed by atoms with E-state index in [9.17, 15) is 4.39 Å². The molecule has 92 valence electrons. The molecule has 0 spiro atoms. The molecule has 0 saturated carbocycles. The first-order valence-electron chi connectivity index (χ1n) is 8.86. The molecular formula is C16H8ClFS. The second-order valence-electron chi connectivity index (χ2n) is 3.98. The number of thiophene rings is 1. The summed E-state index contributed by atoms with van der Waals surface area (Å²) in [7, 11) is 0. The number of hydrogen-bond donors (Lipinski definition) is 0. The maximum Gasteiger partial charge on any atom is 0.123 e. The fourth-order valence-electron chi connectivity index (χ4n) is 2.07. The molecule has 0 aliphatic rings. The molecule has 0 nitrogen and oxygen atoms in total. The van der Waals surface area contributed by atoms with Crippen LogP contribution in [0.5, 0.6) is 0 Å². The van der Waals surface area contributed by atoms with Crippen molar-refractivity contribution in [3.05, 3.63) is 59.2 Å². The summed E-state index contributed by atoms with van der Waals surface area (Å²) in [4.78, 5) is 0. The lowest BCUT2D eigenvalue weighted by atomic mass is 10.1. The van der Waals surface area contributed by atoms with Crippen LogP contribution in [0.25, 0.3) is 30.9 Å². The fourth-order valence-corrected chi connectivity index (χ4v) is 3.51. The lowest BCUT2D eigenvalue weighted by Gasteiger charge is -2.02. The molecule has 0 saturated heterocycles. The van der Waals surface area contributed by atoms with Gasteiger partial charge < -0.3 is 0 Å². The van der Waals surface area contributed by atoms with Crippen LogP contribution in [0, 0.1) is 5.82 Å². The Morgan fingerprint density at radius 2 is 1.89 bits per heavy atom. The van der Waals surface area contributed by atoms with Gasteiger partial charge in [0, 0.05) is 25.6 Å². The molecule has 0 radical (unpaired) electrons. The minimum Gasteiger partial charge on any atom is -0.207 e. The van der Waals surface area contributed by atoms with Crippen LogP contribution in [0.2, 0.25) is 5.02 Å². The Kier molecular flexibility index (Phi) is 1.28. The summed E-state index contributed by atoms with van der Waals surface area (Å²) in [6.45, 7) is 0. The monoisotopic (exact) mass is 293 g/mol. The van der Waals surface area contributed by atoms with Crippen molar-refractivity contribution in [2.45, 2.75) is 0 Å². The summed E-state index contributed by atoms with van der Waals surface area (Å²) in [6, 6.07) is -1.62. The van der Waals surface area contributed by atoms with Crippen molar-refractivity contribution in [1.82, 2.24) is 0 Å². The van der Waals surface area contributed by atoms with Crippen molar-refractivity contribution < 1.29 is 14.0 Å². The van der Waals surface area contributed by atoms with Crippen LogP contribution in [0.4, 0.5) is 4.39 Å². The average Bonchev–Trinajstić information content (AvgIpc) is 2.99. The molecule has 0 amide bonds. The zero-order chi connectivity index (χ0) is 19.1. The number of benzene rings is 3. The zero-order valence-electron chi connectivity index (χ0n) is 16.2. The highest BCUT2D eigenvalue weighted by atomic mass is 35.5. The molecule has 0 aliphatic heterocycles. The molecule has 3 heteroatoms. The van der Waals surface area contributed by atoms with E-state index >= 15 is 0 Å². The largest absolute Gasteiger partial charge is 0.207 e. The predicted molar refractivity (Wildman–Crippen MR) is 81.8 cm³/mol.